The highest BCUT2D eigenvalue weighted by atomic mass is 35.5. The van der Waals surface area contributed by atoms with Crippen molar-refractivity contribution in [1.82, 2.24) is 0 Å². The average Bonchev–Trinajstić information content (AvgIpc) is 2.18. The molecular weight excluding hydrogens is 221 g/mol. The molecule has 1 N–H and O–H groups in total. The molecule has 1 rings (SSSR count). The molecule has 0 unspecified atom stereocenters. The molecule has 0 atom stereocenters. The van der Waals surface area contributed by atoms with Crippen LogP contribution in [-0.2, 0) is 0 Å². The maximum Gasteiger partial charge on any atom is 0.0640 e. The molecule has 2 nitrogen and oxygen atoms in total. The molecule has 4 heteroatoms. The van der Waals surface area contributed by atoms with E-state index in [4.69, 9.17) is 28.3 Å². The van der Waals surface area contributed by atoms with Crippen LogP contribution in [0.3, 0.4) is 0 Å². The highest BCUT2D eigenvalue weighted by Gasteiger charge is 2.05. The molecule has 0 amide bonds. The van der Waals surface area contributed by atoms with E-state index in [1.807, 2.05) is 18.0 Å². The predicted octanol–water partition coefficient (Wildman–Crippen LogP) is 2.81. The molecule has 0 saturated carbocycles. The lowest BCUT2D eigenvalue weighted by atomic mass is 10.3. The van der Waals surface area contributed by atoms with Crippen molar-refractivity contribution in [2.24, 2.45) is 0 Å². The molecule has 0 bridgehead atoms. The van der Waals surface area contributed by atoms with Gasteiger partial charge in [0, 0.05) is 25.2 Å². The van der Waals surface area contributed by atoms with Crippen LogP contribution in [0.2, 0.25) is 10.0 Å². The first-order valence-corrected chi connectivity index (χ1v) is 5.18. The lowest BCUT2D eigenvalue weighted by Crippen LogP contribution is -2.19. The van der Waals surface area contributed by atoms with Crippen molar-refractivity contribution < 1.29 is 5.11 Å². The van der Waals surface area contributed by atoms with E-state index < -0.39 is 0 Å². The van der Waals surface area contributed by atoms with Crippen molar-refractivity contribution in [2.45, 2.75) is 6.42 Å². The fraction of sp³-hybridized carbons (Fsp3) is 0.400. The van der Waals surface area contributed by atoms with Gasteiger partial charge in [0.15, 0.2) is 0 Å². The molecule has 0 aliphatic carbocycles. The van der Waals surface area contributed by atoms with Crippen LogP contribution in [0.15, 0.2) is 18.2 Å². The summed E-state index contributed by atoms with van der Waals surface area (Å²) in [6.07, 6.45) is 0.722. The zero-order valence-electron chi connectivity index (χ0n) is 8.00. The van der Waals surface area contributed by atoms with E-state index in [0.717, 1.165) is 18.7 Å². The van der Waals surface area contributed by atoms with Crippen LogP contribution >= 0.6 is 23.2 Å². The van der Waals surface area contributed by atoms with Crippen LogP contribution in [0, 0.1) is 0 Å². The van der Waals surface area contributed by atoms with Gasteiger partial charge in [-0.2, -0.15) is 0 Å². The van der Waals surface area contributed by atoms with E-state index >= 15 is 0 Å². The Bertz CT molecular complexity index is 304. The Balaban J connectivity index is 2.77. The fourth-order valence-corrected chi connectivity index (χ4v) is 1.63. The molecule has 0 spiro atoms. The molecule has 0 aliphatic rings. The predicted molar refractivity (Wildman–Crippen MR) is 61.4 cm³/mol. The normalized spacial score (nSPS) is 10.3. The first-order valence-electron chi connectivity index (χ1n) is 4.42. The smallest absolute Gasteiger partial charge is 0.0640 e. The molecule has 0 aliphatic heterocycles. The largest absolute Gasteiger partial charge is 0.396 e. The van der Waals surface area contributed by atoms with Gasteiger partial charge in [-0.25, -0.2) is 0 Å². The minimum absolute atomic E-state index is 0.183. The van der Waals surface area contributed by atoms with Gasteiger partial charge in [-0.05, 0) is 24.6 Å². The Morgan fingerprint density at radius 3 is 2.71 bits per heavy atom. The van der Waals surface area contributed by atoms with Crippen LogP contribution < -0.4 is 4.90 Å². The Morgan fingerprint density at radius 2 is 2.07 bits per heavy atom. The monoisotopic (exact) mass is 233 g/mol. The third-order valence-electron chi connectivity index (χ3n) is 1.97. The number of aliphatic hydroxyl groups is 1. The van der Waals surface area contributed by atoms with Gasteiger partial charge < -0.3 is 10.0 Å². The summed E-state index contributed by atoms with van der Waals surface area (Å²) >= 11 is 11.9. The third kappa shape index (κ3) is 3.05. The zero-order chi connectivity index (χ0) is 10.6. The average molecular weight is 234 g/mol. The number of benzene rings is 1. The van der Waals surface area contributed by atoms with Gasteiger partial charge in [0.1, 0.15) is 0 Å². The number of rotatable bonds is 4. The number of anilines is 1. The fourth-order valence-electron chi connectivity index (χ4n) is 1.21. The molecule has 14 heavy (non-hydrogen) atoms. The molecule has 0 heterocycles. The van der Waals surface area contributed by atoms with Gasteiger partial charge in [0.2, 0.25) is 0 Å². The van der Waals surface area contributed by atoms with E-state index in [-0.39, 0.29) is 6.61 Å². The first-order chi connectivity index (χ1) is 6.65. The summed E-state index contributed by atoms with van der Waals surface area (Å²) in [6, 6.07) is 5.35. The van der Waals surface area contributed by atoms with E-state index in [1.54, 1.807) is 12.1 Å². The Kier molecular flexibility index (Phi) is 4.52. The highest BCUT2D eigenvalue weighted by molar-refractivity contribution is 6.35. The number of aliphatic hydroxyl groups excluding tert-OH is 1. The standard InChI is InChI=1S/C10H13Cl2NO/c1-13(5-2-6-14)10-7-8(11)3-4-9(10)12/h3-4,7,14H,2,5-6H2,1H3. The van der Waals surface area contributed by atoms with Crippen molar-refractivity contribution in [3.8, 4) is 0 Å². The molecular formula is C10H13Cl2NO. The minimum Gasteiger partial charge on any atom is -0.396 e. The third-order valence-corrected chi connectivity index (χ3v) is 2.53. The lowest BCUT2D eigenvalue weighted by Gasteiger charge is -2.20. The summed E-state index contributed by atoms with van der Waals surface area (Å²) in [5.74, 6) is 0. The summed E-state index contributed by atoms with van der Waals surface area (Å²) < 4.78 is 0. The topological polar surface area (TPSA) is 23.5 Å². The van der Waals surface area contributed by atoms with Gasteiger partial charge in [0.05, 0.1) is 10.7 Å². The van der Waals surface area contributed by atoms with Crippen molar-refractivity contribution in [3.63, 3.8) is 0 Å². The number of hydrogen-bond donors (Lipinski definition) is 1. The highest BCUT2D eigenvalue weighted by Crippen LogP contribution is 2.28. The minimum atomic E-state index is 0.183. The van der Waals surface area contributed by atoms with Crippen molar-refractivity contribution >= 4 is 28.9 Å². The molecule has 0 saturated heterocycles. The van der Waals surface area contributed by atoms with E-state index in [0.29, 0.717) is 10.0 Å². The quantitative estimate of drug-likeness (QED) is 0.865. The van der Waals surface area contributed by atoms with Crippen LogP contribution in [0.1, 0.15) is 6.42 Å². The summed E-state index contributed by atoms with van der Waals surface area (Å²) in [5, 5.41) is 10.0. The zero-order valence-corrected chi connectivity index (χ0v) is 9.52. The maximum atomic E-state index is 8.70. The lowest BCUT2D eigenvalue weighted by molar-refractivity contribution is 0.290. The second kappa shape index (κ2) is 5.44. The van der Waals surface area contributed by atoms with Crippen LogP contribution in [0.5, 0.6) is 0 Å². The Labute approximate surface area is 94.1 Å². The number of hydrogen-bond acceptors (Lipinski definition) is 2. The molecule has 0 aromatic heterocycles. The first kappa shape index (κ1) is 11.6. The van der Waals surface area contributed by atoms with Crippen molar-refractivity contribution in [1.29, 1.82) is 0 Å². The van der Waals surface area contributed by atoms with E-state index in [1.165, 1.54) is 0 Å². The van der Waals surface area contributed by atoms with Crippen LogP contribution in [-0.4, -0.2) is 25.3 Å². The van der Waals surface area contributed by atoms with Crippen LogP contribution in [0.25, 0.3) is 0 Å². The van der Waals surface area contributed by atoms with Gasteiger partial charge >= 0.3 is 0 Å². The van der Waals surface area contributed by atoms with Gasteiger partial charge in [0.25, 0.3) is 0 Å². The molecule has 1 aromatic carbocycles. The van der Waals surface area contributed by atoms with Crippen molar-refractivity contribution in [3.05, 3.63) is 28.2 Å². The summed E-state index contributed by atoms with van der Waals surface area (Å²) in [5.41, 5.74) is 0.896. The molecule has 0 radical (unpaired) electrons. The van der Waals surface area contributed by atoms with Gasteiger partial charge in [-0.15, -0.1) is 0 Å². The Hall–Kier alpha value is -0.440. The van der Waals surface area contributed by atoms with Gasteiger partial charge in [-0.3, -0.25) is 0 Å². The van der Waals surface area contributed by atoms with E-state index in [9.17, 15) is 0 Å². The summed E-state index contributed by atoms with van der Waals surface area (Å²) in [6.45, 7) is 0.944. The second-order valence-corrected chi connectivity index (χ2v) is 3.94. The molecule has 0 fully saturated rings. The maximum absolute atomic E-state index is 8.70. The summed E-state index contributed by atoms with van der Waals surface area (Å²) in [7, 11) is 1.92. The van der Waals surface area contributed by atoms with Gasteiger partial charge in [-0.1, -0.05) is 23.2 Å². The second-order valence-electron chi connectivity index (χ2n) is 3.09. The summed E-state index contributed by atoms with van der Waals surface area (Å²) in [4.78, 5) is 1.98. The van der Waals surface area contributed by atoms with Crippen molar-refractivity contribution in [2.75, 3.05) is 25.1 Å². The number of halogens is 2. The molecule has 1 aromatic rings. The SMILES string of the molecule is CN(CCCO)c1cc(Cl)ccc1Cl. The Morgan fingerprint density at radius 1 is 1.36 bits per heavy atom. The van der Waals surface area contributed by atoms with E-state index in [2.05, 4.69) is 0 Å². The number of nitrogens with zero attached hydrogens (tertiary/aromatic N) is 1. The molecule has 78 valence electrons. The van der Waals surface area contributed by atoms with Crippen LogP contribution in [0.4, 0.5) is 5.69 Å².